The first kappa shape index (κ1) is 15.3. The first-order chi connectivity index (χ1) is 9.92. The second kappa shape index (κ2) is 6.13. The van der Waals surface area contributed by atoms with Crippen LogP contribution in [0.4, 0.5) is 0 Å². The minimum absolute atomic E-state index is 0.0315. The van der Waals surface area contributed by atoms with E-state index in [0.29, 0.717) is 5.75 Å². The summed E-state index contributed by atoms with van der Waals surface area (Å²) in [6.07, 6.45) is 1.63. The summed E-state index contributed by atoms with van der Waals surface area (Å²) in [6.45, 7) is -0.356. The van der Waals surface area contributed by atoms with Gasteiger partial charge in [0.15, 0.2) is 0 Å². The molecule has 1 aromatic carbocycles. The summed E-state index contributed by atoms with van der Waals surface area (Å²) in [5.41, 5.74) is 0. The monoisotopic (exact) mass is 312 g/mol. The quantitative estimate of drug-likeness (QED) is 0.771. The van der Waals surface area contributed by atoms with E-state index in [1.54, 1.807) is 0 Å². The van der Waals surface area contributed by atoms with Gasteiger partial charge in [-0.15, -0.1) is 0 Å². The maximum atomic E-state index is 11.9. The van der Waals surface area contributed by atoms with Crippen molar-refractivity contribution in [2.45, 2.75) is 17.7 Å². The minimum Gasteiger partial charge on any atom is -0.497 e. The van der Waals surface area contributed by atoms with Gasteiger partial charge >= 0.3 is 0 Å². The molecule has 0 saturated heterocycles. The minimum atomic E-state index is -3.94. The van der Waals surface area contributed by atoms with Crippen LogP contribution in [0.5, 0.6) is 5.75 Å². The van der Waals surface area contributed by atoms with E-state index in [9.17, 15) is 18.0 Å². The van der Waals surface area contributed by atoms with E-state index < -0.39 is 15.9 Å². The third-order valence-corrected chi connectivity index (χ3v) is 4.38. The van der Waals surface area contributed by atoms with Crippen molar-refractivity contribution < 1.29 is 22.7 Å². The molecule has 0 spiro atoms. The van der Waals surface area contributed by atoms with Crippen LogP contribution in [0.2, 0.25) is 0 Å². The molecule has 0 heterocycles. The highest BCUT2D eigenvalue weighted by molar-refractivity contribution is 7.90. The second-order valence-corrected chi connectivity index (χ2v) is 6.38. The Kier molecular flexibility index (Phi) is 4.46. The van der Waals surface area contributed by atoms with Gasteiger partial charge in [-0.05, 0) is 37.1 Å². The van der Waals surface area contributed by atoms with E-state index in [2.05, 4.69) is 5.32 Å². The van der Waals surface area contributed by atoms with Crippen molar-refractivity contribution in [3.63, 3.8) is 0 Å². The third kappa shape index (κ3) is 4.19. The third-order valence-electron chi connectivity index (χ3n) is 2.99. The van der Waals surface area contributed by atoms with Crippen LogP contribution < -0.4 is 14.8 Å². The first-order valence-corrected chi connectivity index (χ1v) is 7.88. The maximum absolute atomic E-state index is 11.9. The van der Waals surface area contributed by atoms with E-state index in [0.717, 1.165) is 12.8 Å². The van der Waals surface area contributed by atoms with Crippen LogP contribution in [0.25, 0.3) is 0 Å². The van der Waals surface area contributed by atoms with Crippen molar-refractivity contribution >= 4 is 21.8 Å². The molecule has 1 aliphatic rings. The Bertz CT molecular complexity index is 635. The number of amides is 2. The molecule has 2 amide bonds. The van der Waals surface area contributed by atoms with Crippen LogP contribution in [-0.4, -0.2) is 33.9 Å². The topological polar surface area (TPSA) is 102 Å². The van der Waals surface area contributed by atoms with Gasteiger partial charge in [-0.25, -0.2) is 13.1 Å². The Morgan fingerprint density at radius 1 is 1.24 bits per heavy atom. The Balaban J connectivity index is 1.92. The molecule has 2 rings (SSSR count). The molecule has 114 valence electrons. The molecule has 21 heavy (non-hydrogen) atoms. The Morgan fingerprint density at radius 2 is 1.86 bits per heavy atom. The van der Waals surface area contributed by atoms with Crippen molar-refractivity contribution in [3.05, 3.63) is 24.3 Å². The number of hydrogen-bond donors (Lipinski definition) is 2. The van der Waals surface area contributed by atoms with E-state index >= 15 is 0 Å². The van der Waals surface area contributed by atoms with Gasteiger partial charge in [0.05, 0.1) is 18.6 Å². The molecule has 8 heteroatoms. The molecule has 0 unspecified atom stereocenters. The van der Waals surface area contributed by atoms with E-state index in [4.69, 9.17) is 4.74 Å². The van der Waals surface area contributed by atoms with Crippen LogP contribution in [0.1, 0.15) is 12.8 Å². The van der Waals surface area contributed by atoms with Gasteiger partial charge in [-0.3, -0.25) is 9.59 Å². The molecule has 1 saturated carbocycles. The summed E-state index contributed by atoms with van der Waals surface area (Å²) < 4.78 is 30.7. The van der Waals surface area contributed by atoms with Crippen molar-refractivity contribution in [1.82, 2.24) is 10.0 Å². The Hall–Kier alpha value is -2.09. The van der Waals surface area contributed by atoms with Crippen molar-refractivity contribution in [2.24, 2.45) is 5.92 Å². The van der Waals surface area contributed by atoms with Crippen LogP contribution in [0.15, 0.2) is 29.2 Å². The Morgan fingerprint density at radius 3 is 2.38 bits per heavy atom. The average molecular weight is 312 g/mol. The molecule has 0 atom stereocenters. The summed E-state index contributed by atoms with van der Waals surface area (Å²) >= 11 is 0. The zero-order valence-electron chi connectivity index (χ0n) is 11.5. The van der Waals surface area contributed by atoms with Gasteiger partial charge in [0.1, 0.15) is 5.75 Å². The fraction of sp³-hybridized carbons (Fsp3) is 0.385. The van der Waals surface area contributed by atoms with Crippen LogP contribution in [0, 0.1) is 5.92 Å². The van der Waals surface area contributed by atoms with Crippen LogP contribution in [0.3, 0.4) is 0 Å². The molecule has 0 aromatic heterocycles. The van der Waals surface area contributed by atoms with Crippen molar-refractivity contribution in [2.75, 3.05) is 13.7 Å². The van der Waals surface area contributed by atoms with Gasteiger partial charge in [0, 0.05) is 5.92 Å². The van der Waals surface area contributed by atoms with E-state index in [-0.39, 0.29) is 23.3 Å². The number of carbonyl (C=O) groups is 2. The average Bonchev–Trinajstić information content (AvgIpc) is 3.29. The fourth-order valence-corrected chi connectivity index (χ4v) is 2.64. The van der Waals surface area contributed by atoms with Crippen molar-refractivity contribution in [1.29, 1.82) is 0 Å². The highest BCUT2D eigenvalue weighted by Gasteiger charge is 2.29. The summed E-state index contributed by atoms with van der Waals surface area (Å²) in [7, 11) is -2.48. The SMILES string of the molecule is COc1ccc(S(=O)(=O)NC(=O)CNC(=O)C2CC2)cc1. The number of methoxy groups -OCH3 is 1. The molecule has 1 aromatic rings. The number of sulfonamides is 1. The summed E-state index contributed by atoms with van der Waals surface area (Å²) in [5.74, 6) is -0.514. The number of benzene rings is 1. The lowest BCUT2D eigenvalue weighted by molar-refractivity contribution is -0.126. The summed E-state index contributed by atoms with van der Waals surface area (Å²) in [5, 5.41) is 2.40. The van der Waals surface area contributed by atoms with Crippen LogP contribution in [-0.2, 0) is 19.6 Å². The highest BCUT2D eigenvalue weighted by Crippen LogP contribution is 2.28. The molecule has 1 aliphatic carbocycles. The van der Waals surface area contributed by atoms with Gasteiger partial charge < -0.3 is 10.1 Å². The van der Waals surface area contributed by atoms with Gasteiger partial charge in [0.25, 0.3) is 15.9 Å². The number of carbonyl (C=O) groups excluding carboxylic acids is 2. The molecular weight excluding hydrogens is 296 g/mol. The smallest absolute Gasteiger partial charge is 0.264 e. The number of hydrogen-bond acceptors (Lipinski definition) is 5. The predicted octanol–water partition coefficient (Wildman–Crippen LogP) is 0.0263. The zero-order valence-corrected chi connectivity index (χ0v) is 12.3. The molecule has 1 fully saturated rings. The van der Waals surface area contributed by atoms with Gasteiger partial charge in [0.2, 0.25) is 5.91 Å². The number of nitrogens with one attached hydrogen (secondary N) is 2. The second-order valence-electron chi connectivity index (χ2n) is 4.70. The number of ether oxygens (including phenoxy) is 1. The lowest BCUT2D eigenvalue weighted by Crippen LogP contribution is -2.40. The molecule has 2 N–H and O–H groups in total. The Labute approximate surface area is 122 Å². The zero-order chi connectivity index (χ0) is 15.5. The standard InChI is InChI=1S/C13H16N2O5S/c1-20-10-4-6-11(7-5-10)21(18,19)15-12(16)8-14-13(17)9-2-3-9/h4-7,9H,2-3,8H2,1H3,(H,14,17)(H,15,16). The normalized spacial score (nSPS) is 14.3. The fourth-order valence-electron chi connectivity index (χ4n) is 1.66. The molecule has 0 radical (unpaired) electrons. The molecule has 0 bridgehead atoms. The summed E-state index contributed by atoms with van der Waals surface area (Å²) in [4.78, 5) is 22.9. The first-order valence-electron chi connectivity index (χ1n) is 6.40. The molecule has 0 aliphatic heterocycles. The summed E-state index contributed by atoms with van der Waals surface area (Å²) in [6, 6.07) is 5.62. The number of rotatable bonds is 6. The lowest BCUT2D eigenvalue weighted by atomic mass is 10.3. The highest BCUT2D eigenvalue weighted by atomic mass is 32.2. The van der Waals surface area contributed by atoms with E-state index in [1.807, 2.05) is 4.72 Å². The lowest BCUT2D eigenvalue weighted by Gasteiger charge is -2.08. The van der Waals surface area contributed by atoms with Gasteiger partial charge in [-0.1, -0.05) is 0 Å². The molecular formula is C13H16N2O5S. The van der Waals surface area contributed by atoms with Crippen molar-refractivity contribution in [3.8, 4) is 5.75 Å². The maximum Gasteiger partial charge on any atom is 0.264 e. The van der Waals surface area contributed by atoms with Crippen LogP contribution >= 0.6 is 0 Å². The largest absolute Gasteiger partial charge is 0.497 e. The van der Waals surface area contributed by atoms with Gasteiger partial charge in [-0.2, -0.15) is 0 Å². The molecule has 7 nitrogen and oxygen atoms in total. The van der Waals surface area contributed by atoms with E-state index in [1.165, 1.54) is 31.4 Å². The predicted molar refractivity (Wildman–Crippen MR) is 74.1 cm³/mol.